The Bertz CT molecular complexity index is 5900. The van der Waals surface area contributed by atoms with Gasteiger partial charge >= 0.3 is 0 Å². The molecule has 8 bridgehead atoms. The molecule has 1 unspecified atom stereocenters. The second-order valence-electron chi connectivity index (χ2n) is 35.3. The average molecular weight is 1340 g/mol. The molecule has 0 radical (unpaired) electrons. The van der Waals surface area contributed by atoms with E-state index in [0.717, 1.165) is 18.5 Å². The van der Waals surface area contributed by atoms with Gasteiger partial charge < -0.3 is 14.0 Å². The summed E-state index contributed by atoms with van der Waals surface area (Å²) in [7, 11) is 0. The van der Waals surface area contributed by atoms with Gasteiger partial charge in [-0.1, -0.05) is 282 Å². The molecule has 4 heteroatoms. The lowest BCUT2D eigenvalue weighted by atomic mass is 9.32. The lowest BCUT2D eigenvalue weighted by Crippen LogP contribution is -2.59. The van der Waals surface area contributed by atoms with Crippen LogP contribution in [0.3, 0.4) is 0 Å². The molecule has 508 valence electrons. The molecule has 0 spiro atoms. The molecule has 103 heavy (non-hydrogen) atoms. The van der Waals surface area contributed by atoms with E-state index in [1.807, 2.05) is 0 Å². The van der Waals surface area contributed by atoms with Crippen molar-refractivity contribution in [3.63, 3.8) is 0 Å². The molecular weight excluding hydrogens is 1240 g/mol. The van der Waals surface area contributed by atoms with Crippen molar-refractivity contribution in [1.29, 1.82) is 0 Å². The van der Waals surface area contributed by atoms with Crippen molar-refractivity contribution >= 4 is 66.9 Å². The van der Waals surface area contributed by atoms with Gasteiger partial charge in [0.15, 0.2) is 0 Å². The van der Waals surface area contributed by atoms with Gasteiger partial charge in [0.2, 0.25) is 0 Å². The Kier molecular flexibility index (Phi) is 13.8. The topological polar surface area (TPSA) is 13.1 Å². The van der Waals surface area contributed by atoms with Crippen molar-refractivity contribution in [2.75, 3.05) is 4.90 Å². The summed E-state index contributed by atoms with van der Waals surface area (Å²) in [6.07, 6.45) is 6.35. The highest BCUT2D eigenvalue weighted by Crippen LogP contribution is 2.62. The first-order chi connectivity index (χ1) is 49.0. The monoisotopic (exact) mass is 1340 g/mol. The van der Waals surface area contributed by atoms with Crippen LogP contribution in [0.5, 0.6) is 0 Å². The predicted octanol–water partition coefficient (Wildman–Crippen LogP) is 25.3. The maximum atomic E-state index is 5.46. The molecule has 20 rings (SSSR count). The van der Waals surface area contributed by atoms with E-state index in [4.69, 9.17) is 13.2 Å². The Morgan fingerprint density at radius 3 is 1.34 bits per heavy atom. The van der Waals surface area contributed by atoms with Crippen molar-refractivity contribution in [3.05, 3.63) is 292 Å². The summed E-state index contributed by atoms with van der Waals surface area (Å²) < 4.78 is 5.68. The van der Waals surface area contributed by atoms with E-state index in [2.05, 4.69) is 344 Å². The third-order valence-electron chi connectivity index (χ3n) is 24.7. The first kappa shape index (κ1) is 64.9. The fourth-order valence-electron chi connectivity index (χ4n) is 19.0. The molecule has 0 aliphatic carbocycles. The van der Waals surface area contributed by atoms with Crippen LogP contribution in [-0.4, -0.2) is 15.8 Å². The van der Waals surface area contributed by atoms with Gasteiger partial charge in [-0.05, 0) is 207 Å². The van der Waals surface area contributed by atoms with Crippen molar-refractivity contribution in [3.8, 4) is 78.1 Å². The SMILES string of the molecule is C=CC1=C(CC)N2C(=C)/C(=C\CC)C3(C)c4ccc(cc4)-c4cc(-c5ccc(C(C)(C)C)cc5)cc(c4)-c4cccc5c6cccc7c6n(c45)-c4c(c5c(c2c43)B1c1cc(C(C)(C)C)cc2c3cc(C(C)(C)C)ccc3n-5c12)C(C)(C)c1ccc(cc1)-c1cc(-c2ccc(C(C)(C)C)cc2)cc-7c1. The van der Waals surface area contributed by atoms with Gasteiger partial charge in [-0.25, -0.2) is 0 Å². The Balaban J connectivity index is 1.13. The van der Waals surface area contributed by atoms with E-state index in [1.54, 1.807) is 0 Å². The van der Waals surface area contributed by atoms with Gasteiger partial charge in [0.1, 0.15) is 0 Å². The zero-order chi connectivity index (χ0) is 71.8. The van der Waals surface area contributed by atoms with Crippen molar-refractivity contribution in [2.45, 2.75) is 163 Å². The third-order valence-corrected chi connectivity index (χ3v) is 24.7. The van der Waals surface area contributed by atoms with Crippen molar-refractivity contribution in [2.24, 2.45) is 0 Å². The minimum Gasteiger partial charge on any atom is -0.315 e. The van der Waals surface area contributed by atoms with Crippen LogP contribution in [0.1, 0.15) is 175 Å². The zero-order valence-electron chi connectivity index (χ0n) is 63.5. The molecule has 7 aliphatic rings. The largest absolute Gasteiger partial charge is 0.315 e. The number of anilines is 1. The number of nitrogens with zero attached hydrogens (tertiary/aromatic N) is 3. The number of fused-ring (bicyclic) bond motifs is 10. The zero-order valence-corrected chi connectivity index (χ0v) is 63.5. The van der Waals surface area contributed by atoms with E-state index >= 15 is 0 Å². The number of hydrogen-bond acceptors (Lipinski definition) is 1. The third kappa shape index (κ3) is 9.20. The summed E-state index contributed by atoms with van der Waals surface area (Å²) in [4.78, 5) is 2.68. The minimum absolute atomic E-state index is 0.00875. The number of aromatic nitrogens is 2. The fraction of sp³-hybridized carbons (Fsp3) is 0.253. The minimum atomic E-state index is -0.811. The van der Waals surface area contributed by atoms with Crippen LogP contribution in [0.25, 0.3) is 122 Å². The quantitative estimate of drug-likeness (QED) is 0.157. The summed E-state index contributed by atoms with van der Waals surface area (Å²) in [6.45, 7) is 50.7. The van der Waals surface area contributed by atoms with E-state index in [1.165, 1.54) is 200 Å². The van der Waals surface area contributed by atoms with Crippen LogP contribution in [0.4, 0.5) is 5.69 Å². The van der Waals surface area contributed by atoms with E-state index in [0.29, 0.717) is 0 Å². The lowest BCUT2D eigenvalue weighted by molar-refractivity contribution is 0.590. The van der Waals surface area contributed by atoms with E-state index < -0.39 is 10.8 Å². The molecule has 0 saturated heterocycles. The molecule has 7 aliphatic heterocycles. The Hall–Kier alpha value is -10.2. The van der Waals surface area contributed by atoms with Gasteiger partial charge in [0.05, 0.1) is 22.2 Å². The molecule has 11 aromatic carbocycles. The number of rotatable bonds is 5. The van der Waals surface area contributed by atoms with Crippen LogP contribution in [0, 0.1) is 0 Å². The number of allylic oxidation sites excluding steroid dienone is 5. The summed E-state index contributed by atoms with van der Waals surface area (Å²) in [5, 5.41) is 5.00. The second-order valence-corrected chi connectivity index (χ2v) is 35.3. The summed E-state index contributed by atoms with van der Waals surface area (Å²) >= 11 is 0. The van der Waals surface area contributed by atoms with E-state index in [9.17, 15) is 0 Å². The lowest BCUT2D eigenvalue weighted by Gasteiger charge is -2.54. The van der Waals surface area contributed by atoms with Crippen LogP contribution < -0.4 is 15.8 Å². The number of hydrogen-bond donors (Lipinski definition) is 0. The Morgan fingerprint density at radius 1 is 0.417 bits per heavy atom. The summed E-state index contributed by atoms with van der Waals surface area (Å²) in [6, 6.07) is 80.3. The van der Waals surface area contributed by atoms with Crippen LogP contribution in [-0.2, 0) is 32.5 Å². The standard InChI is InChI=1S/C99H94BN3/c1-20-25-80-57(4)101-83(22-3)81(21-2)100-82-56-73(97(14,15)16)55-79-78-54-72(96(11,12)13)46-47-84(78)102(90(79)82)92-85-91-86(93(101)87(92)100)99(80,19)71-44-36-61(37-45-71)65-49-63(59-32-40-69(41-33-59)95(8,9)10)51-67(53-65)75-27-24-29-77-76-28-23-26-74(88(76)103(91)89(75)77)66-50-62(58-30-38-68(39-31-58)94(5,6)7)48-64(52-66)60-34-42-70(43-35-60)98(85,17)18/h21,23-56H,2,4,20,22H2,1,3,5-19H3/b80-25+. The van der Waals surface area contributed by atoms with Gasteiger partial charge in [-0.15, -0.1) is 0 Å². The normalized spacial score (nSPS) is 16.8. The van der Waals surface area contributed by atoms with Gasteiger partial charge in [0, 0.05) is 82.9 Å². The molecule has 3 nitrogen and oxygen atoms in total. The number of para-hydroxylation sites is 2. The molecule has 0 fully saturated rings. The summed E-state index contributed by atoms with van der Waals surface area (Å²) in [5.41, 5.74) is 38.7. The molecule has 9 heterocycles. The first-order valence-electron chi connectivity index (χ1n) is 37.8. The first-order valence-corrected chi connectivity index (χ1v) is 37.8. The highest BCUT2D eigenvalue weighted by molar-refractivity contribution is 6.95. The highest BCUT2D eigenvalue weighted by Gasteiger charge is 2.55. The van der Waals surface area contributed by atoms with Crippen molar-refractivity contribution < 1.29 is 0 Å². The van der Waals surface area contributed by atoms with Gasteiger partial charge in [0.25, 0.3) is 6.71 Å². The maximum absolute atomic E-state index is 5.46. The molecule has 0 N–H and O–H groups in total. The smallest absolute Gasteiger partial charge is 0.251 e. The van der Waals surface area contributed by atoms with Crippen LogP contribution in [0.15, 0.2) is 248 Å². The Labute approximate surface area is 610 Å². The molecule has 0 amide bonds. The molecule has 13 aromatic rings. The Morgan fingerprint density at radius 2 is 0.874 bits per heavy atom. The molecular formula is C99H94BN3. The maximum Gasteiger partial charge on any atom is 0.251 e. The average Bonchev–Trinajstić information content (AvgIpc) is 1.65. The van der Waals surface area contributed by atoms with E-state index in [-0.39, 0.29) is 28.4 Å². The van der Waals surface area contributed by atoms with Gasteiger partial charge in [-0.2, -0.15) is 0 Å². The highest BCUT2D eigenvalue weighted by atomic mass is 15.2. The van der Waals surface area contributed by atoms with Crippen LogP contribution >= 0.6 is 0 Å². The van der Waals surface area contributed by atoms with Crippen molar-refractivity contribution in [1.82, 2.24) is 9.13 Å². The number of benzene rings is 11. The molecule has 2 aromatic heterocycles. The predicted molar refractivity (Wildman–Crippen MR) is 444 cm³/mol. The molecule has 0 saturated carbocycles. The van der Waals surface area contributed by atoms with Crippen LogP contribution in [0.2, 0.25) is 0 Å². The molecule has 1 atom stereocenters. The van der Waals surface area contributed by atoms with Gasteiger partial charge in [-0.3, -0.25) is 0 Å². The summed E-state index contributed by atoms with van der Waals surface area (Å²) in [5.74, 6) is 0. The fourth-order valence-corrected chi connectivity index (χ4v) is 19.0. The second kappa shape index (κ2) is 21.9.